The number of methoxy groups -OCH3 is 2. The molecule has 1 saturated heterocycles. The fourth-order valence-electron chi connectivity index (χ4n) is 5.63. The highest BCUT2D eigenvalue weighted by Crippen LogP contribution is 2.30. The van der Waals surface area contributed by atoms with Gasteiger partial charge in [-0.05, 0) is 75.3 Å². The molecule has 254 valence electrons. The summed E-state index contributed by atoms with van der Waals surface area (Å²) < 4.78 is 37.8. The first-order chi connectivity index (χ1) is 23.1. The third-order valence-electron chi connectivity index (χ3n) is 8.20. The number of likely N-dealkylation sites (N-methyl/N-ethyl adjacent to an activating group) is 1. The number of hydrogen-bond donors (Lipinski definition) is 1. The molecule has 2 heterocycles. The minimum Gasteiger partial charge on any atom is -0.497 e. The number of nitrogens with zero attached hydrogens (tertiary/aromatic N) is 5. The lowest BCUT2D eigenvalue weighted by atomic mass is 10.1. The summed E-state index contributed by atoms with van der Waals surface area (Å²) in [6.07, 6.45) is 0.867. The number of amides is 1. The topological polar surface area (TPSA) is 102 Å². The van der Waals surface area contributed by atoms with E-state index in [4.69, 9.17) is 18.9 Å². The Hall–Kier alpha value is -4.94. The summed E-state index contributed by atoms with van der Waals surface area (Å²) in [5, 5.41) is 3.04. The van der Waals surface area contributed by atoms with E-state index in [1.54, 1.807) is 50.6 Å². The van der Waals surface area contributed by atoms with Crippen molar-refractivity contribution in [2.75, 3.05) is 70.8 Å². The smallest absolute Gasteiger partial charge is 0.421 e. The van der Waals surface area contributed by atoms with Crippen molar-refractivity contribution < 1.29 is 28.1 Å². The number of carbonyl (C=O) groups is 1. The second kappa shape index (κ2) is 15.8. The molecule has 48 heavy (non-hydrogen) atoms. The second-order valence-electron chi connectivity index (χ2n) is 11.9. The number of hydrogen-bond acceptors (Lipinski definition) is 10. The summed E-state index contributed by atoms with van der Waals surface area (Å²) in [4.78, 5) is 28.8. The van der Waals surface area contributed by atoms with Crippen molar-refractivity contribution in [3.8, 4) is 23.0 Å². The average Bonchev–Trinajstić information content (AvgIpc) is 3.07. The lowest BCUT2D eigenvalue weighted by molar-refractivity contribution is 0.132. The first-order valence-corrected chi connectivity index (χ1v) is 15.8. The average molecular weight is 659 g/mol. The van der Waals surface area contributed by atoms with Crippen LogP contribution >= 0.6 is 0 Å². The molecule has 1 aliphatic heterocycles. The number of carbonyl (C=O) groups excluding carboxylic acids is 1. The van der Waals surface area contributed by atoms with Gasteiger partial charge >= 0.3 is 6.09 Å². The molecule has 0 atom stereocenters. The zero-order valence-corrected chi connectivity index (χ0v) is 28.4. The van der Waals surface area contributed by atoms with Crippen molar-refractivity contribution in [1.82, 2.24) is 19.8 Å². The highest BCUT2D eigenvalue weighted by Gasteiger charge is 2.24. The molecule has 1 amide bonds. The van der Waals surface area contributed by atoms with Crippen molar-refractivity contribution in [3.63, 3.8) is 0 Å². The van der Waals surface area contributed by atoms with Crippen LogP contribution in [-0.4, -0.2) is 86.5 Å². The van der Waals surface area contributed by atoms with Crippen LogP contribution < -0.4 is 29.2 Å². The second-order valence-corrected chi connectivity index (χ2v) is 11.9. The van der Waals surface area contributed by atoms with Gasteiger partial charge in [-0.2, -0.15) is 4.98 Å². The fourth-order valence-corrected chi connectivity index (χ4v) is 5.63. The molecule has 0 radical (unpaired) electrons. The molecular weight excluding hydrogens is 615 g/mol. The van der Waals surface area contributed by atoms with Crippen molar-refractivity contribution >= 4 is 23.5 Å². The lowest BCUT2D eigenvalue weighted by Gasteiger charge is -2.32. The van der Waals surface area contributed by atoms with Gasteiger partial charge in [-0.3, -0.25) is 9.80 Å². The van der Waals surface area contributed by atoms with Crippen LogP contribution in [0.4, 0.5) is 26.6 Å². The largest absolute Gasteiger partial charge is 0.497 e. The lowest BCUT2D eigenvalue weighted by Crippen LogP contribution is -2.45. The van der Waals surface area contributed by atoms with E-state index < -0.39 is 11.9 Å². The third kappa shape index (κ3) is 8.69. The van der Waals surface area contributed by atoms with Crippen LogP contribution in [-0.2, 0) is 6.54 Å². The van der Waals surface area contributed by atoms with Crippen LogP contribution in [0.3, 0.4) is 0 Å². The summed E-state index contributed by atoms with van der Waals surface area (Å²) >= 11 is 0. The summed E-state index contributed by atoms with van der Waals surface area (Å²) in [6, 6.07) is 15.5. The molecule has 1 N–H and O–H groups in total. The van der Waals surface area contributed by atoms with Gasteiger partial charge in [0.1, 0.15) is 29.7 Å². The van der Waals surface area contributed by atoms with E-state index >= 15 is 4.39 Å². The molecule has 4 aromatic rings. The third-order valence-corrected chi connectivity index (χ3v) is 8.20. The summed E-state index contributed by atoms with van der Waals surface area (Å²) in [5.41, 5.74) is 3.82. The molecule has 0 aliphatic carbocycles. The van der Waals surface area contributed by atoms with E-state index in [1.165, 1.54) is 17.2 Å². The Morgan fingerprint density at radius 1 is 0.938 bits per heavy atom. The molecule has 3 aromatic carbocycles. The number of halogens is 1. The maximum Gasteiger partial charge on any atom is 0.421 e. The molecule has 11 nitrogen and oxygen atoms in total. The Morgan fingerprint density at radius 2 is 1.67 bits per heavy atom. The number of nitrogens with one attached hydrogen (secondary N) is 1. The minimum atomic E-state index is -0.649. The van der Waals surface area contributed by atoms with Gasteiger partial charge in [-0.15, -0.1) is 0 Å². The SMILES string of the molecule is COc1ccc(OC)c(CN(C(=O)Oc2c(C)cc(C)cc2C)c2ccnc(Nc3ccc(OCCN4CCN(C)CC4)c(F)c3)n2)c1. The van der Waals surface area contributed by atoms with E-state index in [1.807, 2.05) is 32.9 Å². The van der Waals surface area contributed by atoms with Gasteiger partial charge in [0, 0.05) is 56.2 Å². The van der Waals surface area contributed by atoms with Gasteiger partial charge in [0.25, 0.3) is 0 Å². The van der Waals surface area contributed by atoms with E-state index in [-0.39, 0.29) is 24.1 Å². The summed E-state index contributed by atoms with van der Waals surface area (Å²) in [6.45, 7) is 10.9. The molecule has 1 aromatic heterocycles. The van der Waals surface area contributed by atoms with E-state index in [0.29, 0.717) is 35.1 Å². The standard InChI is InChI=1S/C36H43FN6O5/c1-24-19-25(2)34(26(3)20-24)48-36(44)43(23-27-21-29(45-5)8-10-31(27)46-6)33-11-12-38-35(40-33)39-28-7-9-32(30(37)22-28)47-18-17-42-15-13-41(4)14-16-42/h7-12,19-22H,13-18,23H2,1-6H3,(H,38,39,40). The first-order valence-electron chi connectivity index (χ1n) is 15.8. The van der Waals surface area contributed by atoms with Crippen LogP contribution in [0.1, 0.15) is 22.3 Å². The van der Waals surface area contributed by atoms with Crippen molar-refractivity contribution in [1.29, 1.82) is 0 Å². The van der Waals surface area contributed by atoms with Crippen LogP contribution in [0.25, 0.3) is 0 Å². The van der Waals surface area contributed by atoms with Gasteiger partial charge in [-0.1, -0.05) is 17.7 Å². The molecule has 1 aliphatic rings. The van der Waals surface area contributed by atoms with Crippen molar-refractivity contribution in [2.24, 2.45) is 0 Å². The molecule has 0 unspecified atom stereocenters. The van der Waals surface area contributed by atoms with Gasteiger partial charge in [-0.25, -0.2) is 14.2 Å². The number of anilines is 3. The number of aromatic nitrogens is 2. The highest BCUT2D eigenvalue weighted by molar-refractivity contribution is 5.88. The van der Waals surface area contributed by atoms with E-state index in [0.717, 1.165) is 49.4 Å². The predicted molar refractivity (Wildman–Crippen MR) is 184 cm³/mol. The Bertz CT molecular complexity index is 1710. The molecule has 12 heteroatoms. The Labute approximate surface area is 281 Å². The predicted octanol–water partition coefficient (Wildman–Crippen LogP) is 6.13. The van der Waals surface area contributed by atoms with Gasteiger partial charge in [0.15, 0.2) is 11.6 Å². The molecular formula is C36H43FN6O5. The van der Waals surface area contributed by atoms with Crippen molar-refractivity contribution in [2.45, 2.75) is 27.3 Å². The summed E-state index contributed by atoms with van der Waals surface area (Å²) in [7, 11) is 5.24. The van der Waals surface area contributed by atoms with Gasteiger partial charge in [0.05, 0.1) is 20.8 Å². The number of rotatable bonds is 12. The molecule has 5 rings (SSSR count). The van der Waals surface area contributed by atoms with Crippen LogP contribution in [0, 0.1) is 26.6 Å². The zero-order valence-electron chi connectivity index (χ0n) is 28.4. The van der Waals surface area contributed by atoms with E-state index in [2.05, 4.69) is 32.1 Å². The highest BCUT2D eigenvalue weighted by atomic mass is 19.1. The molecule has 0 saturated carbocycles. The number of benzene rings is 3. The van der Waals surface area contributed by atoms with Crippen LogP contribution in [0.15, 0.2) is 60.8 Å². The zero-order chi connectivity index (χ0) is 34.2. The quantitative estimate of drug-likeness (QED) is 0.191. The molecule has 0 bridgehead atoms. The maximum absolute atomic E-state index is 15.0. The number of piperazine rings is 1. The monoisotopic (exact) mass is 658 g/mol. The van der Waals surface area contributed by atoms with Gasteiger partial charge in [0.2, 0.25) is 5.95 Å². The Kier molecular flexibility index (Phi) is 11.3. The maximum atomic E-state index is 15.0. The summed E-state index contributed by atoms with van der Waals surface area (Å²) in [5.74, 6) is 1.72. The molecule has 0 spiro atoms. The van der Waals surface area contributed by atoms with Crippen molar-refractivity contribution in [3.05, 3.63) is 88.9 Å². The number of aryl methyl sites for hydroxylation is 3. The van der Waals surface area contributed by atoms with E-state index in [9.17, 15) is 4.79 Å². The number of ether oxygens (including phenoxy) is 4. The Morgan fingerprint density at radius 3 is 2.35 bits per heavy atom. The minimum absolute atomic E-state index is 0.0500. The van der Waals surface area contributed by atoms with Gasteiger partial charge < -0.3 is 29.2 Å². The normalized spacial score (nSPS) is 13.6. The molecule has 1 fully saturated rings. The van der Waals surface area contributed by atoms with Crippen LogP contribution in [0.2, 0.25) is 0 Å². The first kappa shape index (κ1) is 34.4. The Balaban J connectivity index is 1.35. The van der Waals surface area contributed by atoms with Crippen LogP contribution in [0.5, 0.6) is 23.0 Å². The fraction of sp³-hybridized carbons (Fsp3) is 0.361.